The van der Waals surface area contributed by atoms with Crippen LogP contribution in [-0.2, 0) is 0 Å². The maximum atomic E-state index is 12.7. The summed E-state index contributed by atoms with van der Waals surface area (Å²) in [5, 5.41) is 15.0. The van der Waals surface area contributed by atoms with Crippen molar-refractivity contribution in [3.63, 3.8) is 0 Å². The van der Waals surface area contributed by atoms with Gasteiger partial charge in [-0.2, -0.15) is 5.10 Å². The molecule has 2 aromatic rings. The molecular formula is C14H9ClFN2O2-. The van der Waals surface area contributed by atoms with E-state index in [0.717, 1.165) is 0 Å². The fourth-order valence-corrected chi connectivity index (χ4v) is 1.62. The van der Waals surface area contributed by atoms with Crippen LogP contribution in [0, 0.1) is 5.82 Å². The quantitative estimate of drug-likeness (QED) is 0.694. The Morgan fingerprint density at radius 2 is 1.95 bits per heavy atom. The van der Waals surface area contributed by atoms with Crippen LogP contribution in [0.2, 0.25) is 5.02 Å². The third-order valence-corrected chi connectivity index (χ3v) is 2.80. The molecule has 4 nitrogen and oxygen atoms in total. The van der Waals surface area contributed by atoms with Crippen LogP contribution in [0.5, 0.6) is 0 Å². The second-order valence-corrected chi connectivity index (χ2v) is 4.31. The molecule has 0 atom stereocenters. The molecule has 2 rings (SSSR count). The monoisotopic (exact) mass is 291 g/mol. The average molecular weight is 292 g/mol. The summed E-state index contributed by atoms with van der Waals surface area (Å²) in [6.45, 7) is 0. The van der Waals surface area contributed by atoms with E-state index in [9.17, 15) is 14.3 Å². The van der Waals surface area contributed by atoms with Crippen LogP contribution in [0.1, 0.15) is 15.9 Å². The SMILES string of the molecule is O=C([O-])c1ccc(Cl)c(N/N=C\c2ccc(F)cc2)c1. The number of hydrogen-bond acceptors (Lipinski definition) is 4. The number of rotatable bonds is 4. The van der Waals surface area contributed by atoms with E-state index in [1.807, 2.05) is 0 Å². The number of anilines is 1. The summed E-state index contributed by atoms with van der Waals surface area (Å²) in [6, 6.07) is 9.82. The van der Waals surface area contributed by atoms with Crippen LogP contribution in [-0.4, -0.2) is 12.2 Å². The van der Waals surface area contributed by atoms with Gasteiger partial charge in [-0.05, 0) is 35.4 Å². The summed E-state index contributed by atoms with van der Waals surface area (Å²) in [6.07, 6.45) is 1.46. The van der Waals surface area contributed by atoms with Crippen molar-refractivity contribution in [2.75, 3.05) is 5.43 Å². The second kappa shape index (κ2) is 6.16. The minimum Gasteiger partial charge on any atom is -0.545 e. The molecule has 0 saturated heterocycles. The van der Waals surface area contributed by atoms with Crippen molar-refractivity contribution >= 4 is 29.5 Å². The third-order valence-electron chi connectivity index (χ3n) is 2.47. The van der Waals surface area contributed by atoms with Crippen LogP contribution in [0.25, 0.3) is 0 Å². The molecule has 0 heterocycles. The number of benzene rings is 2. The van der Waals surface area contributed by atoms with E-state index in [0.29, 0.717) is 16.3 Å². The number of hydrogen-bond donors (Lipinski definition) is 1. The lowest BCUT2D eigenvalue weighted by Gasteiger charge is -2.07. The van der Waals surface area contributed by atoms with Crippen molar-refractivity contribution in [3.05, 3.63) is 64.4 Å². The molecule has 0 aliphatic carbocycles. The zero-order valence-electron chi connectivity index (χ0n) is 10.1. The van der Waals surface area contributed by atoms with E-state index in [-0.39, 0.29) is 11.4 Å². The van der Waals surface area contributed by atoms with Crippen molar-refractivity contribution in [3.8, 4) is 0 Å². The number of carbonyl (C=O) groups is 1. The summed E-state index contributed by atoms with van der Waals surface area (Å²) < 4.78 is 12.7. The van der Waals surface area contributed by atoms with Gasteiger partial charge in [0.05, 0.1) is 22.9 Å². The Bertz CT molecular complexity index is 657. The van der Waals surface area contributed by atoms with Crippen molar-refractivity contribution in [2.45, 2.75) is 0 Å². The number of nitrogens with zero attached hydrogens (tertiary/aromatic N) is 1. The van der Waals surface area contributed by atoms with Crippen molar-refractivity contribution in [2.24, 2.45) is 5.10 Å². The molecule has 0 aliphatic heterocycles. The molecular weight excluding hydrogens is 283 g/mol. The number of hydrazone groups is 1. The van der Waals surface area contributed by atoms with Crippen LogP contribution in [0.4, 0.5) is 10.1 Å². The molecule has 0 saturated carbocycles. The third kappa shape index (κ3) is 3.55. The van der Waals surface area contributed by atoms with Gasteiger partial charge in [0.1, 0.15) is 5.82 Å². The van der Waals surface area contributed by atoms with Gasteiger partial charge in [0, 0.05) is 0 Å². The predicted molar refractivity (Wildman–Crippen MR) is 73.4 cm³/mol. The minimum atomic E-state index is -1.30. The molecule has 0 aliphatic rings. The molecule has 2 aromatic carbocycles. The Balaban J connectivity index is 2.12. The lowest BCUT2D eigenvalue weighted by molar-refractivity contribution is -0.255. The van der Waals surface area contributed by atoms with E-state index in [1.165, 1.54) is 36.5 Å². The highest BCUT2D eigenvalue weighted by Crippen LogP contribution is 2.22. The van der Waals surface area contributed by atoms with E-state index in [1.54, 1.807) is 12.1 Å². The number of aromatic carboxylic acids is 1. The van der Waals surface area contributed by atoms with Crippen molar-refractivity contribution in [1.82, 2.24) is 0 Å². The minimum absolute atomic E-state index is 0.00566. The molecule has 1 N–H and O–H groups in total. The summed E-state index contributed by atoms with van der Waals surface area (Å²) in [5.41, 5.74) is 3.64. The van der Waals surface area contributed by atoms with E-state index in [4.69, 9.17) is 11.6 Å². The molecule has 20 heavy (non-hydrogen) atoms. The van der Waals surface area contributed by atoms with Gasteiger partial charge in [-0.25, -0.2) is 4.39 Å². The lowest BCUT2D eigenvalue weighted by Crippen LogP contribution is -2.22. The van der Waals surface area contributed by atoms with Crippen molar-refractivity contribution < 1.29 is 14.3 Å². The highest BCUT2D eigenvalue weighted by atomic mass is 35.5. The van der Waals surface area contributed by atoms with Gasteiger partial charge in [-0.3, -0.25) is 5.43 Å². The molecule has 0 amide bonds. The number of carboxylic acids is 1. The van der Waals surface area contributed by atoms with Gasteiger partial charge < -0.3 is 9.90 Å². The molecule has 6 heteroatoms. The fraction of sp³-hybridized carbons (Fsp3) is 0. The number of carbonyl (C=O) groups excluding carboxylic acids is 1. The highest BCUT2D eigenvalue weighted by Gasteiger charge is 2.01. The molecule has 0 bridgehead atoms. The first-order valence-electron chi connectivity index (χ1n) is 5.62. The molecule has 102 valence electrons. The largest absolute Gasteiger partial charge is 0.545 e. The van der Waals surface area contributed by atoms with Gasteiger partial charge in [-0.15, -0.1) is 0 Å². The van der Waals surface area contributed by atoms with Gasteiger partial charge >= 0.3 is 0 Å². The first-order chi connectivity index (χ1) is 9.56. The van der Waals surface area contributed by atoms with Crippen LogP contribution < -0.4 is 10.5 Å². The smallest absolute Gasteiger partial charge is 0.123 e. The lowest BCUT2D eigenvalue weighted by atomic mass is 10.2. The Labute approximate surface area is 119 Å². The molecule has 0 unspecified atom stereocenters. The topological polar surface area (TPSA) is 64.5 Å². The molecule has 0 spiro atoms. The summed E-state index contributed by atoms with van der Waals surface area (Å²) in [7, 11) is 0. The predicted octanol–water partition coefficient (Wildman–Crippen LogP) is 2.29. The summed E-state index contributed by atoms with van der Waals surface area (Å²) >= 11 is 5.90. The first-order valence-corrected chi connectivity index (χ1v) is 5.99. The number of halogens is 2. The van der Waals surface area contributed by atoms with E-state index in [2.05, 4.69) is 10.5 Å². The number of nitrogens with one attached hydrogen (secondary N) is 1. The molecule has 0 radical (unpaired) electrons. The maximum Gasteiger partial charge on any atom is 0.123 e. The summed E-state index contributed by atoms with van der Waals surface area (Å²) in [5.74, 6) is -1.63. The second-order valence-electron chi connectivity index (χ2n) is 3.90. The molecule has 0 fully saturated rings. The first kappa shape index (κ1) is 14.0. The van der Waals surface area contributed by atoms with E-state index < -0.39 is 5.97 Å². The Morgan fingerprint density at radius 1 is 1.25 bits per heavy atom. The molecule has 0 aromatic heterocycles. The normalized spacial score (nSPS) is 10.7. The zero-order valence-corrected chi connectivity index (χ0v) is 10.9. The van der Waals surface area contributed by atoms with E-state index >= 15 is 0 Å². The van der Waals surface area contributed by atoms with Crippen molar-refractivity contribution in [1.29, 1.82) is 0 Å². The van der Waals surface area contributed by atoms with Crippen LogP contribution in [0.15, 0.2) is 47.6 Å². The van der Waals surface area contributed by atoms with Crippen LogP contribution >= 0.6 is 11.6 Å². The Hall–Kier alpha value is -2.40. The Morgan fingerprint density at radius 3 is 2.60 bits per heavy atom. The highest BCUT2D eigenvalue weighted by molar-refractivity contribution is 6.33. The standard InChI is InChI=1S/C14H10ClFN2O2/c15-12-6-3-10(14(19)20)7-13(12)18-17-8-9-1-4-11(16)5-2-9/h1-8,18H,(H,19,20)/p-1/b17-8-. The van der Waals surface area contributed by atoms with Crippen LogP contribution in [0.3, 0.4) is 0 Å². The van der Waals surface area contributed by atoms with Gasteiger partial charge in [0.15, 0.2) is 0 Å². The summed E-state index contributed by atoms with van der Waals surface area (Å²) in [4.78, 5) is 10.7. The average Bonchev–Trinajstić information content (AvgIpc) is 2.43. The maximum absolute atomic E-state index is 12.7. The van der Waals surface area contributed by atoms with Gasteiger partial charge in [-0.1, -0.05) is 29.8 Å². The Kier molecular flexibility index (Phi) is 4.32. The fourth-order valence-electron chi connectivity index (χ4n) is 1.46. The van der Waals surface area contributed by atoms with Gasteiger partial charge in [0.25, 0.3) is 0 Å². The number of carboxylic acid groups (broad SMARTS) is 1. The zero-order chi connectivity index (χ0) is 14.5. The van der Waals surface area contributed by atoms with Gasteiger partial charge in [0.2, 0.25) is 0 Å².